The Kier molecular flexibility index (Phi) is 6.78. The van der Waals surface area contributed by atoms with Crippen molar-refractivity contribution in [1.82, 2.24) is 15.5 Å². The van der Waals surface area contributed by atoms with Gasteiger partial charge in [0.15, 0.2) is 0 Å². The van der Waals surface area contributed by atoms with Crippen molar-refractivity contribution < 1.29 is 14.4 Å². The SMILES string of the molecule is C=C(C1CC1)C1(NC(=O)C2CC3(CN2C(=O)C(C)NC(=O)C(C)C2CCCCC2)C(C)(C)C32CCC2)CC1CC. The van der Waals surface area contributed by atoms with Crippen LogP contribution in [0.5, 0.6) is 0 Å². The van der Waals surface area contributed by atoms with Gasteiger partial charge in [-0.2, -0.15) is 0 Å². The predicted molar refractivity (Wildman–Crippen MR) is 157 cm³/mol. The van der Waals surface area contributed by atoms with Gasteiger partial charge in [0.05, 0.1) is 5.54 Å². The Labute approximate surface area is 241 Å². The molecule has 0 aromatic rings. The Balaban J connectivity index is 1.20. The summed E-state index contributed by atoms with van der Waals surface area (Å²) in [5, 5.41) is 6.57. The second kappa shape index (κ2) is 9.59. The Morgan fingerprint density at radius 3 is 2.15 bits per heavy atom. The highest BCUT2D eigenvalue weighted by Gasteiger charge is 2.85. The van der Waals surface area contributed by atoms with Gasteiger partial charge in [-0.25, -0.2) is 0 Å². The number of likely N-dealkylation sites (tertiary alicyclic amines) is 1. The summed E-state index contributed by atoms with van der Waals surface area (Å²) in [4.78, 5) is 43.4. The van der Waals surface area contributed by atoms with Crippen molar-refractivity contribution in [2.24, 2.45) is 39.9 Å². The first-order chi connectivity index (χ1) is 18.9. The lowest BCUT2D eigenvalue weighted by Crippen LogP contribution is -2.55. The lowest BCUT2D eigenvalue weighted by atomic mass is 9.73. The van der Waals surface area contributed by atoms with E-state index in [1.54, 1.807) is 0 Å². The fourth-order valence-corrected chi connectivity index (χ4v) is 10.1. The van der Waals surface area contributed by atoms with E-state index in [2.05, 4.69) is 38.0 Å². The van der Waals surface area contributed by atoms with Gasteiger partial charge in [-0.15, -0.1) is 0 Å². The van der Waals surface area contributed by atoms with E-state index in [4.69, 9.17) is 0 Å². The lowest BCUT2D eigenvalue weighted by Gasteiger charge is -2.32. The van der Waals surface area contributed by atoms with Crippen LogP contribution < -0.4 is 10.6 Å². The van der Waals surface area contributed by atoms with Crippen LogP contribution in [0.25, 0.3) is 0 Å². The van der Waals surface area contributed by atoms with Crippen molar-refractivity contribution in [2.75, 3.05) is 6.54 Å². The number of hydrogen-bond acceptors (Lipinski definition) is 3. The van der Waals surface area contributed by atoms with Crippen molar-refractivity contribution in [2.45, 2.75) is 136 Å². The molecule has 6 atom stereocenters. The molecule has 0 radical (unpaired) electrons. The van der Waals surface area contributed by atoms with E-state index in [1.807, 2.05) is 18.7 Å². The summed E-state index contributed by atoms with van der Waals surface area (Å²) in [6, 6.07) is -1.12. The van der Waals surface area contributed by atoms with Crippen LogP contribution in [0.4, 0.5) is 0 Å². The Morgan fingerprint density at radius 2 is 1.62 bits per heavy atom. The number of amides is 3. The molecule has 2 spiro atoms. The zero-order valence-electron chi connectivity index (χ0n) is 25.7. The quantitative estimate of drug-likeness (QED) is 0.358. The van der Waals surface area contributed by atoms with Gasteiger partial charge < -0.3 is 15.5 Å². The van der Waals surface area contributed by atoms with E-state index in [0.29, 0.717) is 24.3 Å². The van der Waals surface area contributed by atoms with Crippen molar-refractivity contribution in [3.8, 4) is 0 Å². The zero-order chi connectivity index (χ0) is 28.7. The maximum absolute atomic E-state index is 14.2. The molecule has 1 saturated heterocycles. The number of carbonyl (C=O) groups is 3. The highest BCUT2D eigenvalue weighted by atomic mass is 16.2. The normalized spacial score (nSPS) is 37.0. The molecule has 2 N–H and O–H groups in total. The Bertz CT molecular complexity index is 1080. The maximum Gasteiger partial charge on any atom is 0.245 e. The van der Waals surface area contributed by atoms with Gasteiger partial charge in [0.1, 0.15) is 12.1 Å². The van der Waals surface area contributed by atoms with Gasteiger partial charge in [-0.05, 0) is 92.4 Å². The fourth-order valence-electron chi connectivity index (χ4n) is 10.1. The number of rotatable bonds is 9. The van der Waals surface area contributed by atoms with Crippen LogP contribution >= 0.6 is 0 Å². The third kappa shape index (κ3) is 3.96. The van der Waals surface area contributed by atoms with E-state index >= 15 is 0 Å². The van der Waals surface area contributed by atoms with E-state index in [-0.39, 0.29) is 45.4 Å². The summed E-state index contributed by atoms with van der Waals surface area (Å²) in [7, 11) is 0. The summed E-state index contributed by atoms with van der Waals surface area (Å²) in [5.74, 6) is 1.16. The first-order valence-corrected chi connectivity index (χ1v) is 16.6. The van der Waals surface area contributed by atoms with Crippen LogP contribution in [0.3, 0.4) is 0 Å². The Hall–Kier alpha value is -1.85. The van der Waals surface area contributed by atoms with Crippen LogP contribution in [0, 0.1) is 39.9 Å². The molecule has 6 nitrogen and oxygen atoms in total. The maximum atomic E-state index is 14.2. The molecule has 6 fully saturated rings. The number of fused-ring (bicyclic) bond motifs is 1. The van der Waals surface area contributed by atoms with Gasteiger partial charge in [0, 0.05) is 17.9 Å². The minimum Gasteiger partial charge on any atom is -0.345 e. The molecule has 6 heteroatoms. The van der Waals surface area contributed by atoms with E-state index < -0.39 is 12.1 Å². The van der Waals surface area contributed by atoms with Crippen LogP contribution in [0.1, 0.15) is 118 Å². The molecule has 5 aliphatic carbocycles. The molecular formula is C34H53N3O3. The second-order valence-corrected chi connectivity index (χ2v) is 15.3. The summed E-state index contributed by atoms with van der Waals surface area (Å²) in [6.07, 6.45) is 14.5. The summed E-state index contributed by atoms with van der Waals surface area (Å²) in [6.45, 7) is 15.8. The molecule has 222 valence electrons. The van der Waals surface area contributed by atoms with Crippen molar-refractivity contribution in [1.29, 1.82) is 0 Å². The van der Waals surface area contributed by atoms with Gasteiger partial charge >= 0.3 is 0 Å². The molecule has 6 rings (SSSR count). The zero-order valence-corrected chi connectivity index (χ0v) is 25.7. The van der Waals surface area contributed by atoms with E-state index in [0.717, 1.165) is 32.1 Å². The van der Waals surface area contributed by atoms with Crippen molar-refractivity contribution >= 4 is 17.7 Å². The highest BCUT2D eigenvalue weighted by molar-refractivity contribution is 5.93. The van der Waals surface area contributed by atoms with Crippen LogP contribution in [0.15, 0.2) is 12.2 Å². The second-order valence-electron chi connectivity index (χ2n) is 15.3. The molecule has 6 aliphatic rings. The smallest absolute Gasteiger partial charge is 0.245 e. The summed E-state index contributed by atoms with van der Waals surface area (Å²) >= 11 is 0. The molecule has 1 heterocycles. The molecule has 3 amide bonds. The van der Waals surface area contributed by atoms with Gasteiger partial charge in [-0.1, -0.05) is 66.4 Å². The minimum atomic E-state index is -0.636. The topological polar surface area (TPSA) is 78.5 Å². The molecular weight excluding hydrogens is 498 g/mol. The summed E-state index contributed by atoms with van der Waals surface area (Å²) in [5.41, 5.74) is 1.27. The molecule has 5 saturated carbocycles. The highest BCUT2D eigenvalue weighted by Crippen LogP contribution is 2.88. The minimum absolute atomic E-state index is 0.00533. The standard InChI is InChI=1S/C34H53N3O3/c1-7-26-18-34(26,22(3)25-14-15-25)36-29(39)27-19-33(31(5,6)32(33)16-11-17-32)20-37(27)30(40)23(4)35-28(38)21(2)24-12-9-8-10-13-24/h21,23-27H,3,7-20H2,1-2,4-6H3,(H,35,38)(H,36,39). The first kappa shape index (κ1) is 28.3. The third-order valence-corrected chi connectivity index (χ3v) is 13.5. The fraction of sp³-hybridized carbons (Fsp3) is 0.853. The molecule has 0 bridgehead atoms. The van der Waals surface area contributed by atoms with Crippen molar-refractivity contribution in [3.05, 3.63) is 12.2 Å². The number of nitrogens with zero attached hydrogens (tertiary/aromatic N) is 1. The van der Waals surface area contributed by atoms with E-state index in [1.165, 1.54) is 56.9 Å². The average molecular weight is 552 g/mol. The van der Waals surface area contributed by atoms with Gasteiger partial charge in [-0.3, -0.25) is 14.4 Å². The van der Waals surface area contributed by atoms with Crippen molar-refractivity contribution in [3.63, 3.8) is 0 Å². The first-order valence-electron chi connectivity index (χ1n) is 16.6. The van der Waals surface area contributed by atoms with Gasteiger partial charge in [0.25, 0.3) is 0 Å². The lowest BCUT2D eigenvalue weighted by molar-refractivity contribution is -0.142. The van der Waals surface area contributed by atoms with E-state index in [9.17, 15) is 14.4 Å². The molecule has 0 aromatic heterocycles. The molecule has 1 aliphatic heterocycles. The number of nitrogens with one attached hydrogen (secondary N) is 2. The molecule has 0 aromatic carbocycles. The molecule has 40 heavy (non-hydrogen) atoms. The summed E-state index contributed by atoms with van der Waals surface area (Å²) < 4.78 is 0. The molecule has 6 unspecified atom stereocenters. The third-order valence-electron chi connectivity index (χ3n) is 13.5. The largest absolute Gasteiger partial charge is 0.345 e. The van der Waals surface area contributed by atoms with Crippen LogP contribution in [-0.2, 0) is 14.4 Å². The number of hydrogen-bond donors (Lipinski definition) is 2. The van der Waals surface area contributed by atoms with Gasteiger partial charge in [0.2, 0.25) is 17.7 Å². The van der Waals surface area contributed by atoms with Crippen LogP contribution in [-0.4, -0.2) is 46.8 Å². The van der Waals surface area contributed by atoms with Crippen LogP contribution in [0.2, 0.25) is 0 Å². The Morgan fingerprint density at radius 1 is 0.950 bits per heavy atom. The predicted octanol–water partition coefficient (Wildman–Crippen LogP) is 5.76. The number of carbonyl (C=O) groups excluding carboxylic acids is 3. The average Bonchev–Trinajstić information content (AvgIpc) is 3.86. The monoisotopic (exact) mass is 551 g/mol.